The predicted molar refractivity (Wildman–Crippen MR) is 156 cm³/mol. The zero-order chi connectivity index (χ0) is 30.1. The molecule has 0 radical (unpaired) electrons. The predicted octanol–water partition coefficient (Wildman–Crippen LogP) is 5.72. The van der Waals surface area contributed by atoms with Crippen LogP contribution in [0.4, 0.5) is 13.2 Å². The van der Waals surface area contributed by atoms with Crippen molar-refractivity contribution < 1.29 is 31.1 Å². The van der Waals surface area contributed by atoms with Gasteiger partial charge in [-0.15, -0.1) is 13.2 Å². The van der Waals surface area contributed by atoms with Gasteiger partial charge in [0.15, 0.2) is 10.7 Å². The summed E-state index contributed by atoms with van der Waals surface area (Å²) < 4.78 is 72.3. The van der Waals surface area contributed by atoms with E-state index in [-0.39, 0.29) is 23.5 Å². The summed E-state index contributed by atoms with van der Waals surface area (Å²) in [6, 6.07) is 7.32. The summed E-state index contributed by atoms with van der Waals surface area (Å²) in [4.78, 5) is 19.2. The van der Waals surface area contributed by atoms with Crippen molar-refractivity contribution in [2.45, 2.75) is 63.1 Å². The molecule has 230 valence electrons. The second kappa shape index (κ2) is 12.3. The van der Waals surface area contributed by atoms with Gasteiger partial charge in [-0.05, 0) is 88.2 Å². The van der Waals surface area contributed by atoms with Gasteiger partial charge in [-0.25, -0.2) is 23.4 Å². The van der Waals surface area contributed by atoms with Crippen LogP contribution < -0.4 is 9.47 Å². The number of rotatable bonds is 8. The van der Waals surface area contributed by atoms with Gasteiger partial charge in [-0.3, -0.25) is 4.90 Å². The normalized spacial score (nSPS) is 22.7. The van der Waals surface area contributed by atoms with E-state index in [9.17, 15) is 21.6 Å². The Morgan fingerprint density at radius 3 is 2.51 bits per heavy atom. The van der Waals surface area contributed by atoms with Crippen molar-refractivity contribution in [1.82, 2.24) is 24.8 Å². The Kier molecular flexibility index (Phi) is 8.45. The quantitative estimate of drug-likeness (QED) is 0.242. The third-order valence-corrected chi connectivity index (χ3v) is 9.83. The lowest BCUT2D eigenvalue weighted by molar-refractivity contribution is -0.274. The van der Waals surface area contributed by atoms with Gasteiger partial charge < -0.3 is 14.5 Å². The van der Waals surface area contributed by atoms with Crippen LogP contribution in [0.2, 0.25) is 0 Å². The number of H-pyrrole nitrogens is 1. The van der Waals surface area contributed by atoms with Crippen LogP contribution in [0.3, 0.4) is 0 Å². The number of thiol groups is 1. The van der Waals surface area contributed by atoms with Gasteiger partial charge >= 0.3 is 6.36 Å². The summed E-state index contributed by atoms with van der Waals surface area (Å²) in [5.41, 5.74) is 2.64. The number of ether oxygens (including phenoxy) is 2. The Labute approximate surface area is 248 Å². The monoisotopic (exact) mass is 617 g/mol. The fourth-order valence-corrected chi connectivity index (χ4v) is 7.91. The van der Waals surface area contributed by atoms with E-state index in [4.69, 9.17) is 9.72 Å². The molecule has 13 heteroatoms. The number of aryl methyl sites for hydroxylation is 1. The summed E-state index contributed by atoms with van der Waals surface area (Å²) >= 11 is 0. The summed E-state index contributed by atoms with van der Waals surface area (Å²) in [7, 11) is -2.67. The van der Waals surface area contributed by atoms with Crippen molar-refractivity contribution in [1.29, 1.82) is 0 Å². The largest absolute Gasteiger partial charge is 0.573 e. The SMILES string of the molecule is Cc1nc(C2CCC(C(N3CCCC(COc4ccc(OC(F)(F)F)cc4)C3)[SH](=O)=O)CC2)c2c(cnc3[nH]ccc32)n1. The summed E-state index contributed by atoms with van der Waals surface area (Å²) in [5, 5.41) is 1.48. The molecule has 0 bridgehead atoms. The molecule has 0 amide bonds. The molecule has 4 aromatic rings. The van der Waals surface area contributed by atoms with Crippen molar-refractivity contribution >= 4 is 32.6 Å². The van der Waals surface area contributed by atoms with E-state index in [1.165, 1.54) is 24.3 Å². The van der Waals surface area contributed by atoms with Crippen LogP contribution in [0.1, 0.15) is 56.0 Å². The second-order valence-corrected chi connectivity index (χ2v) is 12.7. The highest BCUT2D eigenvalue weighted by atomic mass is 32.2. The van der Waals surface area contributed by atoms with Crippen LogP contribution in [0, 0.1) is 18.8 Å². The number of hydrogen-bond acceptors (Lipinski definition) is 8. The van der Waals surface area contributed by atoms with Gasteiger partial charge in [-0.1, -0.05) is 0 Å². The van der Waals surface area contributed by atoms with Crippen LogP contribution in [-0.2, 0) is 10.7 Å². The molecule has 1 aliphatic carbocycles. The Hall–Kier alpha value is -3.45. The minimum Gasteiger partial charge on any atom is -0.493 e. The van der Waals surface area contributed by atoms with Crippen LogP contribution in [-0.4, -0.2) is 64.7 Å². The Balaban J connectivity index is 1.10. The van der Waals surface area contributed by atoms with Crippen molar-refractivity contribution in [2.24, 2.45) is 11.8 Å². The molecule has 3 aromatic heterocycles. The van der Waals surface area contributed by atoms with Crippen molar-refractivity contribution in [2.75, 3.05) is 19.7 Å². The highest BCUT2D eigenvalue weighted by molar-refractivity contribution is 7.73. The second-order valence-electron chi connectivity index (χ2n) is 11.6. The first-order valence-electron chi connectivity index (χ1n) is 14.6. The number of pyridine rings is 1. The highest BCUT2D eigenvalue weighted by Gasteiger charge is 2.37. The average Bonchev–Trinajstić information content (AvgIpc) is 3.45. The average molecular weight is 618 g/mol. The molecule has 1 aromatic carbocycles. The molecule has 9 nitrogen and oxygen atoms in total. The first-order valence-corrected chi connectivity index (χ1v) is 15.9. The summed E-state index contributed by atoms with van der Waals surface area (Å²) in [6.07, 6.45) is 3.91. The molecule has 1 saturated heterocycles. The van der Waals surface area contributed by atoms with Gasteiger partial charge in [-0.2, -0.15) is 0 Å². The number of fused-ring (bicyclic) bond motifs is 3. The molecular formula is C30H34F3N5O4S. The molecule has 2 unspecified atom stereocenters. The number of nitrogens with one attached hydrogen (secondary N) is 1. The summed E-state index contributed by atoms with van der Waals surface area (Å²) in [6.45, 7) is 3.55. The zero-order valence-electron chi connectivity index (χ0n) is 23.7. The van der Waals surface area contributed by atoms with E-state index >= 15 is 0 Å². The summed E-state index contributed by atoms with van der Waals surface area (Å²) in [5.74, 6) is 1.19. The van der Waals surface area contributed by atoms with E-state index in [2.05, 4.69) is 24.6 Å². The van der Waals surface area contributed by atoms with Gasteiger partial charge in [0, 0.05) is 35.3 Å². The Morgan fingerprint density at radius 2 is 1.79 bits per heavy atom. The fourth-order valence-electron chi connectivity index (χ4n) is 6.80. The molecule has 2 fully saturated rings. The minimum absolute atomic E-state index is 0.0290. The highest BCUT2D eigenvalue weighted by Crippen LogP contribution is 2.41. The molecule has 1 saturated carbocycles. The first-order chi connectivity index (χ1) is 20.6. The van der Waals surface area contributed by atoms with E-state index in [1.54, 1.807) is 6.20 Å². The van der Waals surface area contributed by atoms with Gasteiger partial charge in [0.2, 0.25) is 0 Å². The number of halogens is 3. The lowest BCUT2D eigenvalue weighted by atomic mass is 9.78. The van der Waals surface area contributed by atoms with Crippen LogP contribution >= 0.6 is 0 Å². The lowest BCUT2D eigenvalue weighted by Gasteiger charge is -2.41. The number of likely N-dealkylation sites (tertiary alicyclic amines) is 1. The lowest BCUT2D eigenvalue weighted by Crippen LogP contribution is -2.48. The van der Waals surface area contributed by atoms with Crippen LogP contribution in [0.25, 0.3) is 21.9 Å². The van der Waals surface area contributed by atoms with Gasteiger partial charge in [0.25, 0.3) is 0 Å². The van der Waals surface area contributed by atoms with E-state index < -0.39 is 22.4 Å². The standard InChI is InChI=1S/C30H34F3N5O4S/c1-18-36-25-15-35-28-24(12-13-34-28)26(25)27(37-18)20-4-6-21(7-5-20)29(43(39)40)38-14-2-3-19(16-38)17-41-22-8-10-23(11-9-22)42-30(31,32)33/h8-13,15,19-21,29,43H,2-7,14,16-17H2,1H3,(H,34,35). The number of nitrogens with zero attached hydrogens (tertiary/aromatic N) is 4. The molecule has 2 atom stereocenters. The van der Waals surface area contributed by atoms with E-state index in [0.29, 0.717) is 31.3 Å². The third kappa shape index (κ3) is 6.72. The van der Waals surface area contributed by atoms with Gasteiger partial charge in [0.05, 0.1) is 24.0 Å². The molecule has 1 aliphatic heterocycles. The number of benzene rings is 1. The number of piperidine rings is 1. The van der Waals surface area contributed by atoms with Crippen LogP contribution in [0.5, 0.6) is 11.5 Å². The molecule has 1 N–H and O–H groups in total. The maximum absolute atomic E-state index is 12.6. The third-order valence-electron chi connectivity index (χ3n) is 8.65. The first kappa shape index (κ1) is 29.6. The minimum atomic E-state index is -4.75. The fraction of sp³-hybridized carbons (Fsp3) is 0.500. The van der Waals surface area contributed by atoms with Crippen LogP contribution in [0.15, 0.2) is 42.7 Å². The number of aromatic nitrogens is 4. The van der Waals surface area contributed by atoms with Crippen molar-refractivity contribution in [3.63, 3.8) is 0 Å². The zero-order valence-corrected chi connectivity index (χ0v) is 24.6. The Bertz CT molecular complexity index is 1640. The van der Waals surface area contributed by atoms with E-state index in [0.717, 1.165) is 66.2 Å². The number of hydrogen-bond donors (Lipinski definition) is 2. The smallest absolute Gasteiger partial charge is 0.493 e. The Morgan fingerprint density at radius 1 is 1.05 bits per heavy atom. The molecule has 6 rings (SSSR count). The molecule has 2 aliphatic rings. The molecule has 0 spiro atoms. The number of aromatic amines is 1. The number of alkyl halides is 3. The van der Waals surface area contributed by atoms with Gasteiger partial charge in [0.1, 0.15) is 28.3 Å². The van der Waals surface area contributed by atoms with E-state index in [1.807, 2.05) is 19.2 Å². The van der Waals surface area contributed by atoms with Crippen molar-refractivity contribution in [3.8, 4) is 11.5 Å². The maximum Gasteiger partial charge on any atom is 0.573 e. The van der Waals surface area contributed by atoms with Crippen molar-refractivity contribution in [3.05, 3.63) is 54.2 Å². The maximum atomic E-state index is 12.6. The molecule has 4 heterocycles. The molecule has 43 heavy (non-hydrogen) atoms. The topological polar surface area (TPSA) is 110 Å². The molecular weight excluding hydrogens is 583 g/mol.